The third-order valence-corrected chi connectivity index (χ3v) is 10.1. The average Bonchev–Trinajstić information content (AvgIpc) is 3.21. The van der Waals surface area contributed by atoms with Gasteiger partial charge in [0.15, 0.2) is 0 Å². The SMILES string of the molecule is CC(C(=O)NC12CC3CC(CC(C3)C1)C2)N1CCN(C(C)c2nc3ccccc3s2)CC1. The lowest BCUT2D eigenvalue weighted by molar-refractivity contribution is -0.132. The Labute approximate surface area is 195 Å². The van der Waals surface area contributed by atoms with E-state index >= 15 is 0 Å². The normalized spacial score (nSPS) is 34.6. The second kappa shape index (κ2) is 8.07. The third-order valence-electron chi connectivity index (χ3n) is 8.92. The quantitative estimate of drug-likeness (QED) is 0.728. The highest BCUT2D eigenvalue weighted by Gasteiger charge is 2.51. The van der Waals surface area contributed by atoms with E-state index in [1.807, 2.05) is 11.3 Å². The Morgan fingerprint density at radius 1 is 1.00 bits per heavy atom. The summed E-state index contributed by atoms with van der Waals surface area (Å²) >= 11 is 1.81. The molecule has 4 aliphatic carbocycles. The molecule has 1 aromatic heterocycles. The largest absolute Gasteiger partial charge is 0.349 e. The van der Waals surface area contributed by atoms with Gasteiger partial charge in [-0.1, -0.05) is 12.1 Å². The summed E-state index contributed by atoms with van der Waals surface area (Å²) in [5, 5.41) is 4.79. The van der Waals surface area contributed by atoms with Crippen LogP contribution in [-0.2, 0) is 4.79 Å². The summed E-state index contributed by atoms with van der Waals surface area (Å²) in [5.74, 6) is 2.86. The van der Waals surface area contributed by atoms with Crippen molar-refractivity contribution in [2.45, 2.75) is 70.0 Å². The number of carbonyl (C=O) groups excluding carboxylic acids is 1. The van der Waals surface area contributed by atoms with E-state index in [9.17, 15) is 4.79 Å². The average molecular weight is 453 g/mol. The Balaban J connectivity index is 1.05. The van der Waals surface area contributed by atoms with Crippen molar-refractivity contribution < 1.29 is 4.79 Å². The lowest BCUT2D eigenvalue weighted by atomic mass is 9.53. The predicted molar refractivity (Wildman–Crippen MR) is 130 cm³/mol. The predicted octanol–water partition coefficient (Wildman–Crippen LogP) is 4.45. The van der Waals surface area contributed by atoms with Gasteiger partial charge in [-0.15, -0.1) is 11.3 Å². The molecular formula is C26H36N4OS. The van der Waals surface area contributed by atoms with Crippen LogP contribution in [0.4, 0.5) is 0 Å². The van der Waals surface area contributed by atoms with Gasteiger partial charge in [0, 0.05) is 31.7 Å². The number of benzene rings is 1. The Bertz CT molecular complexity index is 926. The van der Waals surface area contributed by atoms with E-state index in [4.69, 9.17) is 4.98 Å². The number of aromatic nitrogens is 1. The minimum absolute atomic E-state index is 0.0390. The smallest absolute Gasteiger partial charge is 0.237 e. The molecule has 172 valence electrons. The fourth-order valence-corrected chi connectivity index (χ4v) is 8.59. The lowest BCUT2D eigenvalue weighted by Crippen LogP contribution is -2.63. The molecule has 2 aromatic rings. The molecule has 0 spiro atoms. The number of para-hydroxylation sites is 1. The number of nitrogens with one attached hydrogen (secondary N) is 1. The molecule has 5 aliphatic rings. The Kier molecular flexibility index (Phi) is 5.31. The summed E-state index contributed by atoms with van der Waals surface area (Å²) < 4.78 is 1.27. The fourth-order valence-electron chi connectivity index (χ4n) is 7.53. The van der Waals surface area contributed by atoms with Gasteiger partial charge in [0.25, 0.3) is 0 Å². The van der Waals surface area contributed by atoms with Crippen LogP contribution in [0.25, 0.3) is 10.2 Å². The Morgan fingerprint density at radius 2 is 1.59 bits per heavy atom. The van der Waals surface area contributed by atoms with Gasteiger partial charge < -0.3 is 5.32 Å². The van der Waals surface area contributed by atoms with Crippen molar-refractivity contribution in [2.24, 2.45) is 17.8 Å². The second-order valence-electron chi connectivity index (χ2n) is 11.1. The van der Waals surface area contributed by atoms with Crippen LogP contribution in [0.15, 0.2) is 24.3 Å². The molecule has 5 fully saturated rings. The first-order chi connectivity index (χ1) is 15.5. The summed E-state index contributed by atoms with van der Waals surface area (Å²) in [6.07, 6.45) is 7.93. The number of rotatable bonds is 5. The number of nitrogens with zero attached hydrogens (tertiary/aromatic N) is 3. The molecule has 1 aromatic carbocycles. The van der Waals surface area contributed by atoms with Gasteiger partial charge in [-0.25, -0.2) is 4.98 Å². The zero-order valence-electron chi connectivity index (χ0n) is 19.4. The van der Waals surface area contributed by atoms with Crippen molar-refractivity contribution in [3.05, 3.63) is 29.3 Å². The minimum Gasteiger partial charge on any atom is -0.349 e. The Morgan fingerprint density at radius 3 is 2.22 bits per heavy atom. The van der Waals surface area contributed by atoms with E-state index in [0.29, 0.717) is 6.04 Å². The first kappa shape index (κ1) is 21.1. The van der Waals surface area contributed by atoms with Crippen LogP contribution in [0.1, 0.15) is 63.4 Å². The summed E-state index contributed by atoms with van der Waals surface area (Å²) in [5.41, 5.74) is 1.22. The van der Waals surface area contributed by atoms with E-state index in [1.165, 1.54) is 48.2 Å². The van der Waals surface area contributed by atoms with Crippen LogP contribution in [0, 0.1) is 17.8 Å². The third kappa shape index (κ3) is 3.78. The maximum atomic E-state index is 13.3. The molecule has 4 bridgehead atoms. The molecular weight excluding hydrogens is 416 g/mol. The zero-order valence-corrected chi connectivity index (χ0v) is 20.2. The number of piperazine rings is 1. The van der Waals surface area contributed by atoms with Gasteiger partial charge in [-0.3, -0.25) is 14.6 Å². The summed E-state index contributed by atoms with van der Waals surface area (Å²) in [6.45, 7) is 8.27. The molecule has 1 N–H and O–H groups in total. The summed E-state index contributed by atoms with van der Waals surface area (Å²) in [4.78, 5) is 23.1. The van der Waals surface area contributed by atoms with Crippen molar-refractivity contribution in [1.82, 2.24) is 20.1 Å². The number of fused-ring (bicyclic) bond motifs is 1. The molecule has 7 rings (SSSR count). The highest BCUT2D eigenvalue weighted by Crippen LogP contribution is 2.55. The number of amides is 1. The van der Waals surface area contributed by atoms with Crippen LogP contribution >= 0.6 is 11.3 Å². The molecule has 1 saturated heterocycles. The van der Waals surface area contributed by atoms with Gasteiger partial charge in [0.1, 0.15) is 5.01 Å². The zero-order chi connectivity index (χ0) is 21.9. The van der Waals surface area contributed by atoms with Crippen molar-refractivity contribution in [2.75, 3.05) is 26.2 Å². The van der Waals surface area contributed by atoms with Crippen molar-refractivity contribution >= 4 is 27.5 Å². The van der Waals surface area contributed by atoms with Crippen LogP contribution in [0.3, 0.4) is 0 Å². The molecule has 6 heteroatoms. The van der Waals surface area contributed by atoms with Crippen LogP contribution in [-0.4, -0.2) is 58.5 Å². The molecule has 2 heterocycles. The molecule has 1 amide bonds. The van der Waals surface area contributed by atoms with Gasteiger partial charge in [-0.05, 0) is 82.3 Å². The second-order valence-corrected chi connectivity index (χ2v) is 12.2. The minimum atomic E-state index is -0.0390. The van der Waals surface area contributed by atoms with E-state index < -0.39 is 0 Å². The van der Waals surface area contributed by atoms with E-state index in [-0.39, 0.29) is 17.5 Å². The molecule has 1 aliphatic heterocycles. The number of hydrogen-bond donors (Lipinski definition) is 1. The maximum Gasteiger partial charge on any atom is 0.237 e. The van der Waals surface area contributed by atoms with Crippen molar-refractivity contribution in [1.29, 1.82) is 0 Å². The van der Waals surface area contributed by atoms with E-state index in [1.54, 1.807) is 0 Å². The van der Waals surface area contributed by atoms with E-state index in [0.717, 1.165) is 49.4 Å². The fraction of sp³-hybridized carbons (Fsp3) is 0.692. The first-order valence-electron chi connectivity index (χ1n) is 12.6. The van der Waals surface area contributed by atoms with Gasteiger partial charge in [0.2, 0.25) is 5.91 Å². The standard InChI is InChI=1S/C26H36N4OS/c1-17(24(31)28-26-14-19-11-20(15-26)13-21(12-19)16-26)29-7-9-30(10-8-29)18(2)25-27-22-5-3-4-6-23(22)32-25/h3-6,17-21H,7-16H2,1-2H3,(H,28,31). The molecule has 32 heavy (non-hydrogen) atoms. The summed E-state index contributed by atoms with van der Waals surface area (Å²) in [7, 11) is 0. The lowest BCUT2D eigenvalue weighted by Gasteiger charge is -2.57. The molecule has 2 unspecified atom stereocenters. The van der Waals surface area contributed by atoms with Crippen LogP contribution in [0.2, 0.25) is 0 Å². The van der Waals surface area contributed by atoms with Gasteiger partial charge >= 0.3 is 0 Å². The summed E-state index contributed by atoms with van der Waals surface area (Å²) in [6, 6.07) is 8.69. The highest BCUT2D eigenvalue weighted by molar-refractivity contribution is 7.18. The number of thiazole rings is 1. The monoisotopic (exact) mass is 452 g/mol. The van der Waals surface area contributed by atoms with Crippen molar-refractivity contribution in [3.63, 3.8) is 0 Å². The van der Waals surface area contributed by atoms with Gasteiger partial charge in [-0.2, -0.15) is 0 Å². The maximum absolute atomic E-state index is 13.3. The van der Waals surface area contributed by atoms with Gasteiger partial charge in [0.05, 0.1) is 22.3 Å². The van der Waals surface area contributed by atoms with E-state index in [2.05, 4.69) is 53.2 Å². The van der Waals surface area contributed by atoms with Crippen LogP contribution < -0.4 is 5.32 Å². The number of carbonyl (C=O) groups is 1. The molecule has 4 saturated carbocycles. The van der Waals surface area contributed by atoms with Crippen molar-refractivity contribution in [3.8, 4) is 0 Å². The highest BCUT2D eigenvalue weighted by atomic mass is 32.1. The molecule has 5 nitrogen and oxygen atoms in total. The Hall–Kier alpha value is -1.50. The first-order valence-corrected chi connectivity index (χ1v) is 13.5. The number of hydrogen-bond acceptors (Lipinski definition) is 5. The van der Waals surface area contributed by atoms with Crippen LogP contribution in [0.5, 0.6) is 0 Å². The topological polar surface area (TPSA) is 48.5 Å². The molecule has 0 radical (unpaired) electrons. The molecule has 2 atom stereocenters.